The Bertz CT molecular complexity index is 19.5. The van der Waals surface area contributed by atoms with Crippen LogP contribution in [0.1, 0.15) is 19.8 Å². The molecule has 0 aliphatic carbocycles. The molecule has 1 unspecified atom stereocenters. The van der Waals surface area contributed by atoms with E-state index >= 15 is 0 Å². The Morgan fingerprint density at radius 1 is 1.67 bits per heavy atom. The van der Waals surface area contributed by atoms with Gasteiger partial charge in [-0.05, 0) is 0 Å². The fourth-order valence-electron chi connectivity index (χ4n) is 0.228. The van der Waals surface area contributed by atoms with Crippen LogP contribution in [0, 0.1) is 0 Å². The van der Waals surface area contributed by atoms with Crippen LogP contribution in [0.4, 0.5) is 0 Å². The summed E-state index contributed by atoms with van der Waals surface area (Å²) in [4.78, 5) is 0. The summed E-state index contributed by atoms with van der Waals surface area (Å²) in [5.41, 5.74) is 0. The van der Waals surface area contributed by atoms with Crippen LogP contribution in [0.5, 0.6) is 0 Å². The van der Waals surface area contributed by atoms with Crippen LogP contribution in [0.25, 0.3) is 0 Å². The summed E-state index contributed by atoms with van der Waals surface area (Å²) >= 11 is 1.36. The van der Waals surface area contributed by atoms with Crippen LogP contribution < -0.4 is 0 Å². The molecule has 0 aromatic rings. The summed E-state index contributed by atoms with van der Waals surface area (Å²) in [7, 11) is 0. The second-order valence-corrected chi connectivity index (χ2v) is 1.92. The fraction of sp³-hybridized carbons (Fsp3) is 1.00. The monoisotopic (exact) mass is 150 g/mol. The molecule has 38 valence electrons. The Morgan fingerprint density at radius 2 is 2.33 bits per heavy atom. The molecule has 0 N–H and O–H groups in total. The SMILES string of the molecule is CCCCO[AsH2]. The van der Waals surface area contributed by atoms with Gasteiger partial charge in [0.15, 0.2) is 0 Å². The fourth-order valence-corrected chi connectivity index (χ4v) is 0.577. The van der Waals surface area contributed by atoms with E-state index in [2.05, 4.69) is 6.92 Å². The summed E-state index contributed by atoms with van der Waals surface area (Å²) in [6.07, 6.45) is 2.45. The van der Waals surface area contributed by atoms with Gasteiger partial charge in [-0.2, -0.15) is 0 Å². The minimum atomic E-state index is 0.941. The molecule has 1 atom stereocenters. The van der Waals surface area contributed by atoms with Crippen molar-refractivity contribution in [1.82, 2.24) is 0 Å². The zero-order chi connectivity index (χ0) is 4.83. The second-order valence-electron chi connectivity index (χ2n) is 1.22. The van der Waals surface area contributed by atoms with E-state index in [4.69, 9.17) is 3.73 Å². The van der Waals surface area contributed by atoms with E-state index in [1.165, 1.54) is 30.0 Å². The van der Waals surface area contributed by atoms with Gasteiger partial charge in [0.05, 0.1) is 0 Å². The van der Waals surface area contributed by atoms with E-state index in [9.17, 15) is 0 Å². The minimum absolute atomic E-state index is 0.941. The number of unbranched alkanes of at least 4 members (excludes halogenated alkanes) is 1. The molecule has 0 rings (SSSR count). The predicted molar refractivity (Wildman–Crippen MR) is 29.4 cm³/mol. The van der Waals surface area contributed by atoms with Gasteiger partial charge in [0.25, 0.3) is 0 Å². The number of hydrogen-bond acceptors (Lipinski definition) is 1. The normalized spacial score (nSPS) is 9.00. The molecule has 6 heavy (non-hydrogen) atoms. The van der Waals surface area contributed by atoms with Crippen LogP contribution >= 0.6 is 0 Å². The first-order chi connectivity index (χ1) is 2.91. The Hall–Kier alpha value is 0.518. The van der Waals surface area contributed by atoms with Crippen molar-refractivity contribution in [2.45, 2.75) is 19.8 Å². The van der Waals surface area contributed by atoms with Crippen molar-refractivity contribution in [3.63, 3.8) is 0 Å². The topological polar surface area (TPSA) is 9.23 Å². The molecular formula is C4H11AsO. The van der Waals surface area contributed by atoms with Crippen LogP contribution in [0.3, 0.4) is 0 Å². The molecule has 0 amide bonds. The van der Waals surface area contributed by atoms with Gasteiger partial charge in [-0.1, -0.05) is 0 Å². The van der Waals surface area contributed by atoms with Crippen LogP contribution in [-0.4, -0.2) is 23.8 Å². The van der Waals surface area contributed by atoms with Crippen LogP contribution in [-0.2, 0) is 3.73 Å². The summed E-state index contributed by atoms with van der Waals surface area (Å²) in [5.74, 6) is 0. The Labute approximate surface area is 47.9 Å². The zero-order valence-corrected chi connectivity index (χ0v) is 6.53. The molecule has 0 spiro atoms. The van der Waals surface area contributed by atoms with E-state index in [1.54, 1.807) is 0 Å². The first-order valence-corrected chi connectivity index (χ1v) is 3.22. The number of rotatable bonds is 3. The van der Waals surface area contributed by atoms with Gasteiger partial charge in [-0.25, -0.2) is 0 Å². The molecule has 2 heteroatoms. The van der Waals surface area contributed by atoms with E-state index in [0.717, 1.165) is 6.61 Å². The van der Waals surface area contributed by atoms with E-state index in [1.807, 2.05) is 0 Å². The average molecular weight is 150 g/mol. The second kappa shape index (κ2) is 5.52. The van der Waals surface area contributed by atoms with Gasteiger partial charge in [0.1, 0.15) is 0 Å². The molecule has 0 aromatic carbocycles. The summed E-state index contributed by atoms with van der Waals surface area (Å²) < 4.78 is 4.84. The van der Waals surface area contributed by atoms with Gasteiger partial charge in [-0.3, -0.25) is 0 Å². The van der Waals surface area contributed by atoms with Crippen molar-refractivity contribution in [3.05, 3.63) is 0 Å². The third-order valence-electron chi connectivity index (χ3n) is 0.616. The molecule has 0 saturated carbocycles. The molecule has 0 bridgehead atoms. The molecule has 0 aliphatic heterocycles. The van der Waals surface area contributed by atoms with Crippen molar-refractivity contribution in [2.24, 2.45) is 0 Å². The molecular weight excluding hydrogens is 139 g/mol. The van der Waals surface area contributed by atoms with E-state index in [-0.39, 0.29) is 0 Å². The molecule has 0 fully saturated rings. The molecule has 0 heterocycles. The Kier molecular flexibility index (Phi) is 6.00. The predicted octanol–water partition coefficient (Wildman–Crippen LogP) is 0.351. The van der Waals surface area contributed by atoms with Gasteiger partial charge < -0.3 is 0 Å². The van der Waals surface area contributed by atoms with Crippen molar-refractivity contribution in [1.29, 1.82) is 0 Å². The summed E-state index contributed by atoms with van der Waals surface area (Å²) in [5, 5.41) is 0. The van der Waals surface area contributed by atoms with E-state index < -0.39 is 0 Å². The van der Waals surface area contributed by atoms with Gasteiger partial charge in [-0.15, -0.1) is 0 Å². The van der Waals surface area contributed by atoms with Crippen LogP contribution in [0.15, 0.2) is 0 Å². The van der Waals surface area contributed by atoms with Crippen molar-refractivity contribution in [2.75, 3.05) is 6.61 Å². The van der Waals surface area contributed by atoms with E-state index in [0.29, 0.717) is 0 Å². The molecule has 0 aliphatic rings. The summed E-state index contributed by atoms with van der Waals surface area (Å²) in [6.45, 7) is 3.10. The standard InChI is InChI=1S/C4H11AsO/c1-2-3-4-6-5/h2-5H2,1H3. The van der Waals surface area contributed by atoms with Crippen LogP contribution in [0.2, 0.25) is 0 Å². The molecule has 0 radical (unpaired) electrons. The Balaban J connectivity index is 2.34. The first-order valence-electron chi connectivity index (χ1n) is 2.23. The Morgan fingerprint density at radius 3 is 2.50 bits per heavy atom. The first kappa shape index (κ1) is 6.52. The number of hydrogen-bond donors (Lipinski definition) is 0. The zero-order valence-electron chi connectivity index (χ0n) is 4.11. The third-order valence-corrected chi connectivity index (χ3v) is 1.11. The van der Waals surface area contributed by atoms with Gasteiger partial charge in [0.2, 0.25) is 0 Å². The molecule has 1 nitrogen and oxygen atoms in total. The maximum absolute atomic E-state index is 4.84. The van der Waals surface area contributed by atoms with Crippen molar-refractivity contribution < 1.29 is 3.73 Å². The van der Waals surface area contributed by atoms with Crippen molar-refractivity contribution in [3.8, 4) is 0 Å². The van der Waals surface area contributed by atoms with Gasteiger partial charge >= 0.3 is 47.3 Å². The molecule has 0 aromatic heterocycles. The van der Waals surface area contributed by atoms with Crippen molar-refractivity contribution >= 4 is 17.2 Å². The third kappa shape index (κ3) is 4.52. The quantitative estimate of drug-likeness (QED) is 0.416. The average Bonchev–Trinajstić information content (AvgIpc) is 1.61. The van der Waals surface area contributed by atoms with Gasteiger partial charge in [0, 0.05) is 0 Å². The summed E-state index contributed by atoms with van der Waals surface area (Å²) in [6, 6.07) is 0. The molecule has 0 saturated heterocycles. The maximum atomic E-state index is 4.84.